The van der Waals surface area contributed by atoms with Crippen molar-refractivity contribution in [2.45, 2.75) is 40.2 Å². The molecule has 1 aromatic heterocycles. The van der Waals surface area contributed by atoms with Gasteiger partial charge in [0, 0.05) is 12.7 Å². The number of hydrogen-bond acceptors (Lipinski definition) is 3. The van der Waals surface area contributed by atoms with Crippen molar-refractivity contribution in [3.05, 3.63) is 51.8 Å². The maximum Gasteiger partial charge on any atom is 0.0629 e. The Bertz CT molecular complexity index is 593. The summed E-state index contributed by atoms with van der Waals surface area (Å²) in [5.74, 6) is 5.78. The molecule has 1 heterocycles. The molecular weight excluding hydrogens is 248 g/mol. The number of rotatable bonds is 4. The molecule has 0 radical (unpaired) electrons. The molecule has 0 aliphatic rings. The van der Waals surface area contributed by atoms with E-state index in [1.54, 1.807) is 0 Å². The highest BCUT2D eigenvalue weighted by Gasteiger charge is 2.17. The molecule has 1 atom stereocenters. The molecule has 0 bridgehead atoms. The standard InChI is InChI=1S/C16H24N4/c1-10-6-11(2)8-14(7-10)16(18-17)9-15-12(3)19-20(5)13(15)4/h6-8,16,18H,9,17H2,1-5H3. The average molecular weight is 272 g/mol. The Balaban J connectivity index is 2.33. The summed E-state index contributed by atoms with van der Waals surface area (Å²) in [5.41, 5.74) is 10.3. The summed E-state index contributed by atoms with van der Waals surface area (Å²) < 4.78 is 1.93. The minimum atomic E-state index is 0.107. The Morgan fingerprint density at radius 1 is 1.15 bits per heavy atom. The van der Waals surface area contributed by atoms with Crippen LogP contribution in [0.2, 0.25) is 0 Å². The van der Waals surface area contributed by atoms with Gasteiger partial charge in [-0.05, 0) is 45.2 Å². The molecule has 0 amide bonds. The minimum Gasteiger partial charge on any atom is -0.272 e. The summed E-state index contributed by atoms with van der Waals surface area (Å²) >= 11 is 0. The molecule has 0 fully saturated rings. The first-order valence-electron chi connectivity index (χ1n) is 6.95. The van der Waals surface area contributed by atoms with Crippen molar-refractivity contribution in [2.75, 3.05) is 0 Å². The van der Waals surface area contributed by atoms with Gasteiger partial charge < -0.3 is 0 Å². The monoisotopic (exact) mass is 272 g/mol. The molecule has 3 N–H and O–H groups in total. The molecule has 2 rings (SSSR count). The SMILES string of the molecule is Cc1cc(C)cc(C(Cc2c(C)nn(C)c2C)NN)c1. The molecule has 1 unspecified atom stereocenters. The molecule has 4 heteroatoms. The number of hydrazine groups is 1. The van der Waals surface area contributed by atoms with Gasteiger partial charge in [-0.2, -0.15) is 5.10 Å². The molecule has 4 nitrogen and oxygen atoms in total. The summed E-state index contributed by atoms with van der Waals surface area (Å²) in [5, 5.41) is 4.47. The fourth-order valence-electron chi connectivity index (χ4n) is 2.80. The lowest BCUT2D eigenvalue weighted by Gasteiger charge is -2.18. The molecule has 0 aliphatic heterocycles. The summed E-state index contributed by atoms with van der Waals surface area (Å²) in [7, 11) is 1.98. The molecular formula is C16H24N4. The average Bonchev–Trinajstić information content (AvgIpc) is 2.60. The van der Waals surface area contributed by atoms with Crippen LogP contribution in [0.4, 0.5) is 0 Å². The third kappa shape index (κ3) is 2.92. The topological polar surface area (TPSA) is 55.9 Å². The van der Waals surface area contributed by atoms with Gasteiger partial charge in [-0.25, -0.2) is 0 Å². The molecule has 2 aromatic rings. The maximum absolute atomic E-state index is 5.78. The zero-order valence-electron chi connectivity index (χ0n) is 13.0. The molecule has 0 saturated carbocycles. The van der Waals surface area contributed by atoms with E-state index in [-0.39, 0.29) is 6.04 Å². The van der Waals surface area contributed by atoms with E-state index in [1.807, 2.05) is 11.7 Å². The van der Waals surface area contributed by atoms with E-state index in [0.29, 0.717) is 0 Å². The molecule has 108 valence electrons. The van der Waals surface area contributed by atoms with E-state index in [0.717, 1.165) is 12.1 Å². The minimum absolute atomic E-state index is 0.107. The third-order valence-corrected chi connectivity index (χ3v) is 3.91. The maximum atomic E-state index is 5.78. The molecule has 1 aromatic carbocycles. The van der Waals surface area contributed by atoms with Crippen molar-refractivity contribution >= 4 is 0 Å². The van der Waals surface area contributed by atoms with Crippen LogP contribution in [0.1, 0.15) is 39.7 Å². The van der Waals surface area contributed by atoms with Crippen LogP contribution in [0, 0.1) is 27.7 Å². The number of nitrogens with one attached hydrogen (secondary N) is 1. The smallest absolute Gasteiger partial charge is 0.0629 e. The number of benzene rings is 1. The van der Waals surface area contributed by atoms with Crippen molar-refractivity contribution < 1.29 is 0 Å². The molecule has 0 spiro atoms. The zero-order valence-corrected chi connectivity index (χ0v) is 13.0. The van der Waals surface area contributed by atoms with Gasteiger partial charge in [0.2, 0.25) is 0 Å². The number of aromatic nitrogens is 2. The van der Waals surface area contributed by atoms with Crippen molar-refractivity contribution in [1.29, 1.82) is 0 Å². The van der Waals surface area contributed by atoms with Gasteiger partial charge in [0.1, 0.15) is 0 Å². The Labute approximate surface area is 121 Å². The van der Waals surface area contributed by atoms with Crippen LogP contribution >= 0.6 is 0 Å². The number of nitrogens with two attached hydrogens (primary N) is 1. The predicted molar refractivity (Wildman–Crippen MR) is 82.4 cm³/mol. The van der Waals surface area contributed by atoms with Crippen molar-refractivity contribution in [3.8, 4) is 0 Å². The highest BCUT2D eigenvalue weighted by Crippen LogP contribution is 2.23. The Kier molecular flexibility index (Phi) is 4.26. The summed E-state index contributed by atoms with van der Waals surface area (Å²) in [6.07, 6.45) is 0.852. The predicted octanol–water partition coefficient (Wildman–Crippen LogP) is 2.40. The number of hydrogen-bond donors (Lipinski definition) is 2. The first-order valence-corrected chi connectivity index (χ1v) is 6.95. The van der Waals surface area contributed by atoms with Crippen LogP contribution in [0.5, 0.6) is 0 Å². The van der Waals surface area contributed by atoms with Crippen LogP contribution < -0.4 is 11.3 Å². The fourth-order valence-corrected chi connectivity index (χ4v) is 2.80. The van der Waals surface area contributed by atoms with Gasteiger partial charge in [0.15, 0.2) is 0 Å². The van der Waals surface area contributed by atoms with E-state index in [2.05, 4.69) is 56.4 Å². The quantitative estimate of drug-likeness (QED) is 0.664. The second kappa shape index (κ2) is 5.77. The Morgan fingerprint density at radius 3 is 2.20 bits per heavy atom. The number of nitrogens with zero attached hydrogens (tertiary/aromatic N) is 2. The lowest BCUT2D eigenvalue weighted by molar-refractivity contribution is 0.548. The van der Waals surface area contributed by atoms with Crippen LogP contribution in [-0.4, -0.2) is 9.78 Å². The van der Waals surface area contributed by atoms with E-state index >= 15 is 0 Å². The lowest BCUT2D eigenvalue weighted by atomic mass is 9.95. The largest absolute Gasteiger partial charge is 0.272 e. The fraction of sp³-hybridized carbons (Fsp3) is 0.438. The van der Waals surface area contributed by atoms with Gasteiger partial charge in [-0.1, -0.05) is 29.3 Å². The summed E-state index contributed by atoms with van der Waals surface area (Å²) in [6, 6.07) is 6.67. The van der Waals surface area contributed by atoms with Gasteiger partial charge in [0.05, 0.1) is 11.7 Å². The Hall–Kier alpha value is -1.65. The van der Waals surface area contributed by atoms with Crippen molar-refractivity contribution in [3.63, 3.8) is 0 Å². The lowest BCUT2D eigenvalue weighted by Crippen LogP contribution is -2.30. The van der Waals surface area contributed by atoms with Crippen LogP contribution in [0.25, 0.3) is 0 Å². The normalized spacial score (nSPS) is 12.7. The second-order valence-electron chi connectivity index (χ2n) is 5.62. The van der Waals surface area contributed by atoms with Gasteiger partial charge in [-0.3, -0.25) is 16.0 Å². The van der Waals surface area contributed by atoms with E-state index in [4.69, 9.17) is 5.84 Å². The Morgan fingerprint density at radius 2 is 1.75 bits per heavy atom. The van der Waals surface area contributed by atoms with Crippen LogP contribution in [0.3, 0.4) is 0 Å². The second-order valence-corrected chi connectivity index (χ2v) is 5.62. The highest BCUT2D eigenvalue weighted by atomic mass is 15.3. The zero-order chi connectivity index (χ0) is 14.9. The summed E-state index contributed by atoms with van der Waals surface area (Å²) in [4.78, 5) is 0. The number of aryl methyl sites for hydroxylation is 4. The van der Waals surface area contributed by atoms with E-state index in [1.165, 1.54) is 27.9 Å². The van der Waals surface area contributed by atoms with Crippen LogP contribution in [-0.2, 0) is 13.5 Å². The van der Waals surface area contributed by atoms with E-state index in [9.17, 15) is 0 Å². The van der Waals surface area contributed by atoms with Gasteiger partial charge in [-0.15, -0.1) is 0 Å². The first kappa shape index (κ1) is 14.8. The van der Waals surface area contributed by atoms with Crippen LogP contribution in [0.15, 0.2) is 18.2 Å². The van der Waals surface area contributed by atoms with Crippen molar-refractivity contribution in [2.24, 2.45) is 12.9 Å². The summed E-state index contributed by atoms with van der Waals surface area (Å²) in [6.45, 7) is 8.39. The molecule has 20 heavy (non-hydrogen) atoms. The molecule has 0 saturated heterocycles. The molecule has 0 aliphatic carbocycles. The van der Waals surface area contributed by atoms with Gasteiger partial charge >= 0.3 is 0 Å². The van der Waals surface area contributed by atoms with Gasteiger partial charge in [0.25, 0.3) is 0 Å². The first-order chi connectivity index (χ1) is 9.42. The highest BCUT2D eigenvalue weighted by molar-refractivity contribution is 5.33. The third-order valence-electron chi connectivity index (χ3n) is 3.91. The van der Waals surface area contributed by atoms with E-state index < -0.39 is 0 Å². The van der Waals surface area contributed by atoms with Crippen molar-refractivity contribution in [1.82, 2.24) is 15.2 Å².